The van der Waals surface area contributed by atoms with Gasteiger partial charge in [0.2, 0.25) is 10.0 Å². The molecule has 0 aromatic heterocycles. The lowest BCUT2D eigenvalue weighted by atomic mass is 10.0. The van der Waals surface area contributed by atoms with Gasteiger partial charge in [0.15, 0.2) is 0 Å². The topological polar surface area (TPSA) is 91.8 Å². The van der Waals surface area contributed by atoms with E-state index in [9.17, 15) is 16.8 Å². The molecule has 0 aromatic carbocycles. The molecule has 8 heteroatoms. The Morgan fingerprint density at radius 2 is 2.00 bits per heavy atom. The number of nitrogens with zero attached hydrogens (tertiary/aromatic N) is 1. The summed E-state index contributed by atoms with van der Waals surface area (Å²) < 4.78 is 53.1. The number of allylic oxidation sites excluding steroid dienone is 1. The second-order valence-corrected chi connectivity index (χ2v) is 7.35. The summed E-state index contributed by atoms with van der Waals surface area (Å²) in [5.74, 6) is -0.291. The van der Waals surface area contributed by atoms with Gasteiger partial charge in [0.25, 0.3) is 10.1 Å². The Morgan fingerprint density at radius 1 is 1.38 bits per heavy atom. The Morgan fingerprint density at radius 3 is 2.38 bits per heavy atom. The van der Waals surface area contributed by atoms with Crippen LogP contribution in [-0.2, 0) is 20.1 Å². The van der Waals surface area contributed by atoms with Crippen LogP contribution in [0.2, 0.25) is 0 Å². The van der Waals surface area contributed by atoms with Crippen molar-refractivity contribution in [3.63, 3.8) is 0 Å². The van der Waals surface area contributed by atoms with Gasteiger partial charge in [0.05, 0.1) is 12.0 Å². The van der Waals surface area contributed by atoms with Gasteiger partial charge in [-0.15, -0.1) is 0 Å². The Kier molecular flexibility index (Phi) is 3.97. The standard InChI is InChI=1S/C8H15NO5S2/c1-15(10,11)9-5-2-8(3-6-9)4-7-16(12,13)14/h2,5,8H,3-4,6-7H2,1H3,(H,12,13,14). The molecule has 1 rings (SSSR count). The molecule has 0 radical (unpaired) electrons. The van der Waals surface area contributed by atoms with E-state index in [1.54, 1.807) is 6.08 Å². The van der Waals surface area contributed by atoms with Gasteiger partial charge in [0.1, 0.15) is 0 Å². The smallest absolute Gasteiger partial charge is 0.264 e. The molecule has 1 unspecified atom stereocenters. The third-order valence-electron chi connectivity index (χ3n) is 2.42. The maximum Gasteiger partial charge on any atom is 0.264 e. The van der Waals surface area contributed by atoms with Crippen LogP contribution in [0.25, 0.3) is 0 Å². The van der Waals surface area contributed by atoms with Crippen LogP contribution in [0.3, 0.4) is 0 Å². The van der Waals surface area contributed by atoms with E-state index in [0.717, 1.165) is 6.26 Å². The van der Waals surface area contributed by atoms with Crippen molar-refractivity contribution >= 4 is 20.1 Å². The molecule has 1 aliphatic rings. The summed E-state index contributed by atoms with van der Waals surface area (Å²) in [7, 11) is -7.14. The molecule has 1 atom stereocenters. The average Bonchev–Trinajstić information content (AvgIpc) is 2.13. The van der Waals surface area contributed by atoms with Gasteiger partial charge >= 0.3 is 0 Å². The Balaban J connectivity index is 2.53. The highest BCUT2D eigenvalue weighted by atomic mass is 32.2. The molecule has 0 spiro atoms. The van der Waals surface area contributed by atoms with Crippen LogP contribution in [0.5, 0.6) is 0 Å². The van der Waals surface area contributed by atoms with E-state index in [1.165, 1.54) is 10.5 Å². The van der Waals surface area contributed by atoms with Gasteiger partial charge in [-0.1, -0.05) is 6.08 Å². The van der Waals surface area contributed by atoms with E-state index < -0.39 is 20.1 Å². The van der Waals surface area contributed by atoms with Crippen molar-refractivity contribution < 1.29 is 21.4 Å². The highest BCUT2D eigenvalue weighted by molar-refractivity contribution is 7.88. The van der Waals surface area contributed by atoms with Crippen LogP contribution in [0.15, 0.2) is 12.3 Å². The predicted molar refractivity (Wildman–Crippen MR) is 59.8 cm³/mol. The summed E-state index contributed by atoms with van der Waals surface area (Å²) in [6.07, 6.45) is 5.12. The molecule has 16 heavy (non-hydrogen) atoms. The fourth-order valence-electron chi connectivity index (χ4n) is 1.50. The Labute approximate surface area is 95.7 Å². The van der Waals surface area contributed by atoms with E-state index in [1.807, 2.05) is 0 Å². The van der Waals surface area contributed by atoms with E-state index >= 15 is 0 Å². The molecule has 0 saturated carbocycles. The van der Waals surface area contributed by atoms with Crippen molar-refractivity contribution in [3.05, 3.63) is 12.3 Å². The summed E-state index contributed by atoms with van der Waals surface area (Å²) in [6.45, 7) is 0.353. The summed E-state index contributed by atoms with van der Waals surface area (Å²) in [5.41, 5.74) is 0. The zero-order chi connectivity index (χ0) is 12.4. The average molecular weight is 269 g/mol. The molecular weight excluding hydrogens is 254 g/mol. The van der Waals surface area contributed by atoms with Crippen molar-refractivity contribution in [2.45, 2.75) is 12.8 Å². The van der Waals surface area contributed by atoms with Gasteiger partial charge in [-0.05, 0) is 18.8 Å². The van der Waals surface area contributed by atoms with Gasteiger partial charge in [-0.25, -0.2) is 8.42 Å². The quantitative estimate of drug-likeness (QED) is 0.729. The molecule has 6 nitrogen and oxygen atoms in total. The minimum Gasteiger partial charge on any atom is -0.286 e. The van der Waals surface area contributed by atoms with Gasteiger partial charge in [-0.3, -0.25) is 8.86 Å². The zero-order valence-electron chi connectivity index (χ0n) is 8.90. The number of sulfonamides is 1. The van der Waals surface area contributed by atoms with Crippen LogP contribution in [-0.4, -0.2) is 44.2 Å². The third kappa shape index (κ3) is 4.50. The molecule has 0 aromatic rings. The molecule has 1 aliphatic heterocycles. The van der Waals surface area contributed by atoms with Gasteiger partial charge in [0, 0.05) is 12.7 Å². The Bertz CT molecular complexity index is 465. The van der Waals surface area contributed by atoms with Crippen molar-refractivity contribution in [2.24, 2.45) is 5.92 Å². The first-order valence-electron chi connectivity index (χ1n) is 4.79. The summed E-state index contributed by atoms with van der Waals surface area (Å²) in [4.78, 5) is 0. The van der Waals surface area contributed by atoms with Crippen molar-refractivity contribution in [1.29, 1.82) is 0 Å². The second-order valence-electron chi connectivity index (χ2n) is 3.84. The first kappa shape index (κ1) is 13.5. The molecule has 0 saturated heterocycles. The van der Waals surface area contributed by atoms with Gasteiger partial charge in [-0.2, -0.15) is 8.42 Å². The lowest BCUT2D eigenvalue weighted by Crippen LogP contribution is -2.30. The van der Waals surface area contributed by atoms with Crippen molar-refractivity contribution in [3.8, 4) is 0 Å². The lowest BCUT2D eigenvalue weighted by molar-refractivity contribution is 0.418. The van der Waals surface area contributed by atoms with Crippen LogP contribution >= 0.6 is 0 Å². The Hall–Kier alpha value is -0.600. The first-order chi connectivity index (χ1) is 7.18. The molecule has 0 bridgehead atoms. The molecular formula is C8H15NO5S2. The number of hydrogen-bond acceptors (Lipinski definition) is 4. The number of hydrogen-bond donors (Lipinski definition) is 1. The number of rotatable bonds is 4. The molecule has 1 heterocycles. The zero-order valence-corrected chi connectivity index (χ0v) is 10.5. The maximum absolute atomic E-state index is 11.1. The summed E-state index contributed by atoms with van der Waals surface area (Å²) in [6, 6.07) is 0. The highest BCUT2D eigenvalue weighted by Crippen LogP contribution is 2.19. The van der Waals surface area contributed by atoms with Crippen LogP contribution in [0.1, 0.15) is 12.8 Å². The molecule has 1 N–H and O–H groups in total. The maximum atomic E-state index is 11.1. The largest absolute Gasteiger partial charge is 0.286 e. The first-order valence-corrected chi connectivity index (χ1v) is 8.24. The third-order valence-corrected chi connectivity index (χ3v) is 4.33. The molecule has 0 amide bonds. The van der Waals surface area contributed by atoms with Crippen LogP contribution in [0, 0.1) is 5.92 Å². The summed E-state index contributed by atoms with van der Waals surface area (Å²) >= 11 is 0. The minimum absolute atomic E-state index is 0.0000694. The molecule has 94 valence electrons. The van der Waals surface area contributed by atoms with E-state index in [4.69, 9.17) is 4.55 Å². The second kappa shape index (κ2) is 4.72. The normalized spacial score (nSPS) is 22.4. The van der Waals surface area contributed by atoms with E-state index in [2.05, 4.69) is 0 Å². The van der Waals surface area contributed by atoms with Crippen molar-refractivity contribution in [1.82, 2.24) is 4.31 Å². The molecule has 0 aliphatic carbocycles. The van der Waals surface area contributed by atoms with Crippen LogP contribution in [0.4, 0.5) is 0 Å². The predicted octanol–water partition coefficient (Wildman–Crippen LogP) is 0.0595. The fraction of sp³-hybridized carbons (Fsp3) is 0.750. The lowest BCUT2D eigenvalue weighted by Gasteiger charge is -2.25. The van der Waals surface area contributed by atoms with Crippen molar-refractivity contribution in [2.75, 3.05) is 18.6 Å². The summed E-state index contributed by atoms with van der Waals surface area (Å²) in [5, 5.41) is 0. The van der Waals surface area contributed by atoms with E-state index in [0.29, 0.717) is 19.4 Å². The minimum atomic E-state index is -3.93. The van der Waals surface area contributed by atoms with Crippen LogP contribution < -0.4 is 0 Å². The highest BCUT2D eigenvalue weighted by Gasteiger charge is 2.20. The van der Waals surface area contributed by atoms with E-state index in [-0.39, 0.29) is 11.7 Å². The fourth-order valence-corrected chi connectivity index (χ4v) is 2.83. The molecule has 0 fully saturated rings. The SMILES string of the molecule is CS(=O)(=O)N1C=CC(CCS(=O)(=O)O)CC1. The van der Waals surface area contributed by atoms with Gasteiger partial charge < -0.3 is 0 Å². The monoisotopic (exact) mass is 269 g/mol.